The van der Waals surface area contributed by atoms with Crippen LogP contribution in [0.1, 0.15) is 26.0 Å². The molecule has 1 fully saturated rings. The third kappa shape index (κ3) is 4.65. The number of hydrogen-bond acceptors (Lipinski definition) is 8. The van der Waals surface area contributed by atoms with Crippen molar-refractivity contribution in [3.8, 4) is 22.0 Å². The Morgan fingerprint density at radius 2 is 2.05 bits per heavy atom. The van der Waals surface area contributed by atoms with Crippen LogP contribution >= 0.6 is 11.3 Å². The standard InChI is InChI=1S/C27H26F2N6O3S/c1-4-7-19-26(39-14-30-19)35-25-16(12-18(29)23(31-25)22-17(28)8-6-9-20(22)36)24(32-27(35)38)34-11-10-33(13-15(34)3)21(37)5-2/h5-6,8-9,12,14-15,36H,2,4,7,10-11,13H2,1,3H3/t15-/m0/s1. The second-order valence-corrected chi connectivity index (χ2v) is 10.1. The number of carbonyl (C=O) groups excluding carboxylic acids is 1. The van der Waals surface area contributed by atoms with Crippen LogP contribution in [0.4, 0.5) is 14.6 Å². The van der Waals surface area contributed by atoms with Gasteiger partial charge in [-0.25, -0.2) is 28.1 Å². The van der Waals surface area contributed by atoms with Crippen molar-refractivity contribution in [3.63, 3.8) is 0 Å². The van der Waals surface area contributed by atoms with Gasteiger partial charge in [0.1, 0.15) is 28.1 Å². The van der Waals surface area contributed by atoms with Gasteiger partial charge < -0.3 is 14.9 Å². The summed E-state index contributed by atoms with van der Waals surface area (Å²) < 4.78 is 31.7. The summed E-state index contributed by atoms with van der Waals surface area (Å²) in [5, 5.41) is 11.1. The number of halogens is 2. The molecule has 0 bridgehead atoms. The predicted molar refractivity (Wildman–Crippen MR) is 145 cm³/mol. The molecule has 4 heterocycles. The van der Waals surface area contributed by atoms with Crippen molar-refractivity contribution in [2.24, 2.45) is 0 Å². The monoisotopic (exact) mass is 552 g/mol. The van der Waals surface area contributed by atoms with Crippen LogP contribution in [-0.4, -0.2) is 61.1 Å². The number of carbonyl (C=O) groups is 1. The van der Waals surface area contributed by atoms with Gasteiger partial charge in [-0.15, -0.1) is 11.3 Å². The molecule has 0 unspecified atom stereocenters. The number of piperazine rings is 1. The molecule has 5 rings (SSSR count). The quantitative estimate of drug-likeness (QED) is 0.360. The normalized spacial score (nSPS) is 15.6. The van der Waals surface area contributed by atoms with Crippen LogP contribution in [0.2, 0.25) is 0 Å². The van der Waals surface area contributed by atoms with Crippen molar-refractivity contribution >= 4 is 34.1 Å². The highest BCUT2D eigenvalue weighted by atomic mass is 32.1. The van der Waals surface area contributed by atoms with E-state index in [1.54, 1.807) is 10.4 Å². The molecule has 12 heteroatoms. The lowest BCUT2D eigenvalue weighted by Crippen LogP contribution is -2.54. The average molecular weight is 553 g/mol. The van der Waals surface area contributed by atoms with Gasteiger partial charge in [0, 0.05) is 25.7 Å². The fraction of sp³-hybridized carbons (Fsp3) is 0.296. The van der Waals surface area contributed by atoms with E-state index in [1.807, 2.05) is 18.7 Å². The number of hydrogen-bond donors (Lipinski definition) is 1. The van der Waals surface area contributed by atoms with Crippen molar-refractivity contribution in [1.29, 1.82) is 0 Å². The number of nitrogens with zero attached hydrogens (tertiary/aromatic N) is 6. The Hall–Kier alpha value is -4.19. The minimum atomic E-state index is -0.887. The number of aromatic nitrogens is 4. The van der Waals surface area contributed by atoms with Gasteiger partial charge in [-0.1, -0.05) is 26.0 Å². The Kier molecular flexibility index (Phi) is 7.13. The van der Waals surface area contributed by atoms with Gasteiger partial charge in [0.05, 0.1) is 22.2 Å². The minimum absolute atomic E-state index is 0.0578. The third-order valence-electron chi connectivity index (χ3n) is 6.73. The SMILES string of the molecule is C=CC(=O)N1CCN(c2nc(=O)n(-c3scnc3CCC)c3nc(-c4c(O)cccc4F)c(F)cc23)[C@@H](C)C1. The van der Waals surface area contributed by atoms with Crippen molar-refractivity contribution in [2.45, 2.75) is 32.7 Å². The Balaban J connectivity index is 1.77. The average Bonchev–Trinajstić information content (AvgIpc) is 3.36. The number of rotatable bonds is 6. The summed E-state index contributed by atoms with van der Waals surface area (Å²) in [7, 11) is 0. The highest BCUT2D eigenvalue weighted by molar-refractivity contribution is 7.12. The zero-order chi connectivity index (χ0) is 27.8. The van der Waals surface area contributed by atoms with E-state index in [1.165, 1.54) is 34.1 Å². The molecule has 202 valence electrons. The Labute approximate surface area is 226 Å². The molecule has 3 aromatic heterocycles. The molecule has 1 atom stereocenters. The van der Waals surface area contributed by atoms with Crippen molar-refractivity contribution in [1.82, 2.24) is 24.4 Å². The number of thiazole rings is 1. The number of phenolic OH excluding ortho intramolecular Hbond substituents is 1. The summed E-state index contributed by atoms with van der Waals surface area (Å²) in [6.07, 6.45) is 2.61. The van der Waals surface area contributed by atoms with Crippen molar-refractivity contribution in [2.75, 3.05) is 24.5 Å². The summed E-state index contributed by atoms with van der Waals surface area (Å²) in [5.74, 6) is -2.22. The van der Waals surface area contributed by atoms with Crippen molar-refractivity contribution < 1.29 is 18.7 Å². The number of aryl methyl sites for hydroxylation is 1. The number of aromatic hydroxyl groups is 1. The number of pyridine rings is 1. The maximum atomic E-state index is 15.7. The number of anilines is 1. The first-order valence-corrected chi connectivity index (χ1v) is 13.3. The van der Waals surface area contributed by atoms with E-state index in [0.717, 1.165) is 18.6 Å². The Bertz CT molecular complexity index is 1630. The van der Waals surface area contributed by atoms with E-state index >= 15 is 4.39 Å². The zero-order valence-corrected chi connectivity index (χ0v) is 22.2. The van der Waals surface area contributed by atoms with Crippen LogP contribution in [0.15, 0.2) is 47.2 Å². The van der Waals surface area contributed by atoms with E-state index in [9.17, 15) is 19.1 Å². The third-order valence-corrected chi connectivity index (χ3v) is 7.58. The summed E-state index contributed by atoms with van der Waals surface area (Å²) in [5.41, 5.74) is 0.835. The number of fused-ring (bicyclic) bond motifs is 1. The van der Waals surface area contributed by atoms with Crippen LogP contribution in [0.3, 0.4) is 0 Å². The molecule has 0 radical (unpaired) electrons. The first-order valence-electron chi connectivity index (χ1n) is 12.5. The molecule has 0 saturated carbocycles. The molecule has 1 saturated heterocycles. The molecule has 1 aliphatic heterocycles. The van der Waals surface area contributed by atoms with Gasteiger partial charge >= 0.3 is 5.69 Å². The van der Waals surface area contributed by atoms with Gasteiger partial charge in [0.2, 0.25) is 5.91 Å². The first-order chi connectivity index (χ1) is 18.7. The molecule has 1 aromatic carbocycles. The lowest BCUT2D eigenvalue weighted by molar-refractivity contribution is -0.126. The molecular weight excluding hydrogens is 526 g/mol. The smallest absolute Gasteiger partial charge is 0.356 e. The van der Waals surface area contributed by atoms with E-state index in [2.05, 4.69) is 21.5 Å². The summed E-state index contributed by atoms with van der Waals surface area (Å²) >= 11 is 1.22. The topological polar surface area (TPSA) is 104 Å². The highest BCUT2D eigenvalue weighted by Gasteiger charge is 2.30. The maximum Gasteiger partial charge on any atom is 0.356 e. The van der Waals surface area contributed by atoms with E-state index in [0.29, 0.717) is 36.8 Å². The van der Waals surface area contributed by atoms with Crippen LogP contribution in [0, 0.1) is 11.6 Å². The van der Waals surface area contributed by atoms with Crippen LogP contribution < -0.4 is 10.6 Å². The molecule has 1 amide bonds. The van der Waals surface area contributed by atoms with Gasteiger partial charge in [0.25, 0.3) is 0 Å². The molecule has 0 aliphatic carbocycles. The van der Waals surface area contributed by atoms with E-state index in [4.69, 9.17) is 0 Å². The fourth-order valence-corrected chi connectivity index (χ4v) is 5.73. The fourth-order valence-electron chi connectivity index (χ4n) is 4.88. The maximum absolute atomic E-state index is 15.7. The molecule has 9 nitrogen and oxygen atoms in total. The van der Waals surface area contributed by atoms with E-state index in [-0.39, 0.29) is 28.8 Å². The number of amides is 1. The highest BCUT2D eigenvalue weighted by Crippen LogP contribution is 2.36. The van der Waals surface area contributed by atoms with Gasteiger partial charge in [0.15, 0.2) is 11.5 Å². The lowest BCUT2D eigenvalue weighted by atomic mass is 10.1. The predicted octanol–water partition coefficient (Wildman–Crippen LogP) is 4.06. The summed E-state index contributed by atoms with van der Waals surface area (Å²) in [6.45, 7) is 8.44. The Morgan fingerprint density at radius 3 is 2.74 bits per heavy atom. The van der Waals surface area contributed by atoms with Crippen molar-refractivity contribution in [3.05, 3.63) is 70.2 Å². The molecule has 1 aliphatic rings. The molecule has 4 aromatic rings. The second kappa shape index (κ2) is 10.5. The minimum Gasteiger partial charge on any atom is -0.507 e. The van der Waals surface area contributed by atoms with Crippen LogP contribution in [0.5, 0.6) is 5.75 Å². The first kappa shape index (κ1) is 26.4. The van der Waals surface area contributed by atoms with Crippen LogP contribution in [0.25, 0.3) is 27.3 Å². The largest absolute Gasteiger partial charge is 0.507 e. The molecule has 1 N–H and O–H groups in total. The van der Waals surface area contributed by atoms with Gasteiger partial charge in [-0.2, -0.15) is 4.98 Å². The number of phenols is 1. The lowest BCUT2D eigenvalue weighted by Gasteiger charge is -2.40. The summed E-state index contributed by atoms with van der Waals surface area (Å²) in [4.78, 5) is 42.4. The van der Waals surface area contributed by atoms with Gasteiger partial charge in [-0.3, -0.25) is 4.79 Å². The van der Waals surface area contributed by atoms with E-state index < -0.39 is 34.3 Å². The molecule has 0 spiro atoms. The van der Waals surface area contributed by atoms with Crippen LogP contribution in [-0.2, 0) is 11.2 Å². The van der Waals surface area contributed by atoms with Gasteiger partial charge in [-0.05, 0) is 37.6 Å². The summed E-state index contributed by atoms with van der Waals surface area (Å²) in [6, 6.07) is 4.54. The molecule has 39 heavy (non-hydrogen) atoms. The molecular formula is C27H26F2N6O3S. The zero-order valence-electron chi connectivity index (χ0n) is 21.4. The Morgan fingerprint density at radius 1 is 1.26 bits per heavy atom. The number of benzene rings is 1. The second-order valence-electron chi connectivity index (χ2n) is 9.26.